The van der Waals surface area contributed by atoms with Crippen LogP contribution < -0.4 is 10.6 Å². The van der Waals surface area contributed by atoms with Crippen LogP contribution in [0.15, 0.2) is 30.5 Å². The van der Waals surface area contributed by atoms with E-state index in [1.54, 1.807) is 11.1 Å². The summed E-state index contributed by atoms with van der Waals surface area (Å²) in [6.07, 6.45) is 3.79. The van der Waals surface area contributed by atoms with Crippen LogP contribution in [0.4, 0.5) is 0 Å². The van der Waals surface area contributed by atoms with Gasteiger partial charge < -0.3 is 15.5 Å². The Labute approximate surface area is 148 Å². The third kappa shape index (κ3) is 4.92. The molecule has 0 bridgehead atoms. The molecule has 0 saturated carbocycles. The largest absolute Gasteiger partial charge is 0.354 e. The number of benzene rings is 1. The first kappa shape index (κ1) is 18.7. The molecule has 25 heavy (non-hydrogen) atoms. The number of carbonyl (C=O) groups excluding carboxylic acids is 3. The van der Waals surface area contributed by atoms with Gasteiger partial charge in [-0.25, -0.2) is 0 Å². The fourth-order valence-corrected chi connectivity index (χ4v) is 2.75. The normalized spacial score (nSPS) is 15.7. The summed E-state index contributed by atoms with van der Waals surface area (Å²) in [5.74, 6) is -0.374. The Hall–Kier alpha value is -2.63. The molecule has 0 aromatic heterocycles. The van der Waals surface area contributed by atoms with Gasteiger partial charge in [-0.1, -0.05) is 38.1 Å². The topological polar surface area (TPSA) is 78.5 Å². The number of hydrogen-bond acceptors (Lipinski definition) is 3. The summed E-state index contributed by atoms with van der Waals surface area (Å²) < 4.78 is 0. The van der Waals surface area contributed by atoms with Crippen molar-refractivity contribution < 1.29 is 14.4 Å². The molecular weight excluding hydrogens is 318 g/mol. The highest BCUT2D eigenvalue weighted by Crippen LogP contribution is 2.32. The minimum absolute atomic E-state index is 0.0386. The second-order valence-electron chi connectivity index (χ2n) is 6.39. The number of nitrogens with one attached hydrogen (secondary N) is 2. The number of nitrogens with zero attached hydrogens (tertiary/aromatic N) is 1. The Morgan fingerprint density at radius 2 is 1.80 bits per heavy atom. The van der Waals surface area contributed by atoms with Crippen molar-refractivity contribution in [1.29, 1.82) is 0 Å². The van der Waals surface area contributed by atoms with E-state index in [0.29, 0.717) is 13.1 Å². The molecular formula is C19H25N3O3. The van der Waals surface area contributed by atoms with Gasteiger partial charge in [-0.3, -0.25) is 14.4 Å². The van der Waals surface area contributed by atoms with Gasteiger partial charge in [-0.15, -0.1) is 0 Å². The maximum absolute atomic E-state index is 12.3. The summed E-state index contributed by atoms with van der Waals surface area (Å²) in [4.78, 5) is 37.2. The van der Waals surface area contributed by atoms with Gasteiger partial charge in [0.2, 0.25) is 17.7 Å². The van der Waals surface area contributed by atoms with Crippen molar-refractivity contribution in [3.8, 4) is 0 Å². The predicted octanol–water partition coefficient (Wildman–Crippen LogP) is 1.84. The van der Waals surface area contributed by atoms with Crippen molar-refractivity contribution in [2.45, 2.75) is 33.2 Å². The van der Waals surface area contributed by atoms with Crippen LogP contribution in [0.3, 0.4) is 0 Å². The van der Waals surface area contributed by atoms with Gasteiger partial charge in [0, 0.05) is 32.1 Å². The lowest BCUT2D eigenvalue weighted by atomic mass is 9.93. The minimum Gasteiger partial charge on any atom is -0.354 e. The molecule has 1 atom stereocenters. The van der Waals surface area contributed by atoms with Crippen LogP contribution >= 0.6 is 0 Å². The zero-order valence-electron chi connectivity index (χ0n) is 14.9. The second-order valence-corrected chi connectivity index (χ2v) is 6.39. The summed E-state index contributed by atoms with van der Waals surface area (Å²) in [5.41, 5.74) is 1.98. The van der Waals surface area contributed by atoms with Gasteiger partial charge >= 0.3 is 0 Å². The maximum Gasteiger partial charge on any atom is 0.223 e. The third-order valence-corrected chi connectivity index (χ3v) is 4.12. The molecule has 6 heteroatoms. The SMILES string of the molecule is CC(=O)N1C=Cc2ccccc2C1CC(=O)NCCNC(=O)C(C)C. The van der Waals surface area contributed by atoms with Gasteiger partial charge in [-0.05, 0) is 17.2 Å². The van der Waals surface area contributed by atoms with Crippen LogP contribution in [-0.2, 0) is 14.4 Å². The second kappa shape index (κ2) is 8.46. The van der Waals surface area contributed by atoms with Crippen molar-refractivity contribution >= 4 is 23.8 Å². The first-order chi connectivity index (χ1) is 11.9. The first-order valence-electron chi connectivity index (χ1n) is 8.50. The summed E-state index contributed by atoms with van der Waals surface area (Å²) >= 11 is 0. The zero-order valence-corrected chi connectivity index (χ0v) is 14.9. The molecule has 2 rings (SSSR count). The summed E-state index contributed by atoms with van der Waals surface area (Å²) in [6, 6.07) is 7.43. The van der Waals surface area contributed by atoms with Crippen LogP contribution in [0.25, 0.3) is 6.08 Å². The first-order valence-corrected chi connectivity index (χ1v) is 8.50. The quantitative estimate of drug-likeness (QED) is 0.774. The molecule has 0 radical (unpaired) electrons. The summed E-state index contributed by atoms with van der Waals surface area (Å²) in [6.45, 7) is 5.88. The van der Waals surface area contributed by atoms with E-state index in [2.05, 4.69) is 10.6 Å². The molecule has 1 heterocycles. The Balaban J connectivity index is 1.94. The van der Waals surface area contributed by atoms with Crippen molar-refractivity contribution in [2.75, 3.05) is 13.1 Å². The van der Waals surface area contributed by atoms with E-state index in [0.717, 1.165) is 11.1 Å². The predicted molar refractivity (Wildman–Crippen MR) is 96.2 cm³/mol. The average molecular weight is 343 g/mol. The molecule has 2 N–H and O–H groups in total. The lowest BCUT2D eigenvalue weighted by Gasteiger charge is -2.32. The van der Waals surface area contributed by atoms with Crippen molar-refractivity contribution in [1.82, 2.24) is 15.5 Å². The Morgan fingerprint density at radius 1 is 1.12 bits per heavy atom. The third-order valence-electron chi connectivity index (χ3n) is 4.12. The van der Waals surface area contributed by atoms with Crippen LogP contribution in [-0.4, -0.2) is 35.7 Å². The average Bonchev–Trinajstić information content (AvgIpc) is 2.58. The monoisotopic (exact) mass is 343 g/mol. The van der Waals surface area contributed by atoms with Gasteiger partial charge in [0.25, 0.3) is 0 Å². The van der Waals surface area contributed by atoms with E-state index >= 15 is 0 Å². The molecule has 0 fully saturated rings. The Morgan fingerprint density at radius 3 is 2.48 bits per heavy atom. The fourth-order valence-electron chi connectivity index (χ4n) is 2.75. The summed E-state index contributed by atoms with van der Waals surface area (Å²) in [7, 11) is 0. The fraction of sp³-hybridized carbons (Fsp3) is 0.421. The Kier molecular flexibility index (Phi) is 6.33. The molecule has 0 aliphatic carbocycles. The van der Waals surface area contributed by atoms with Crippen molar-refractivity contribution in [3.05, 3.63) is 41.6 Å². The molecule has 1 aliphatic rings. The smallest absolute Gasteiger partial charge is 0.223 e. The molecule has 134 valence electrons. The van der Waals surface area contributed by atoms with Crippen molar-refractivity contribution in [3.63, 3.8) is 0 Å². The lowest BCUT2D eigenvalue weighted by Crippen LogP contribution is -2.39. The number of rotatable bonds is 6. The molecule has 1 aromatic rings. The van der Waals surface area contributed by atoms with Crippen LogP contribution in [0.1, 0.15) is 44.4 Å². The van der Waals surface area contributed by atoms with Gasteiger partial charge in [0.05, 0.1) is 12.5 Å². The van der Waals surface area contributed by atoms with E-state index in [1.807, 2.05) is 44.2 Å². The van der Waals surface area contributed by atoms with Gasteiger partial charge in [0.1, 0.15) is 0 Å². The Bertz CT molecular complexity index is 682. The standard InChI is InChI=1S/C19H25N3O3/c1-13(2)19(25)21-10-9-20-18(24)12-17-16-7-5-4-6-15(16)8-11-22(17)14(3)23/h4-8,11,13,17H,9-10,12H2,1-3H3,(H,20,24)(H,21,25). The maximum atomic E-state index is 12.3. The van der Waals surface area contributed by atoms with Crippen LogP contribution in [0.5, 0.6) is 0 Å². The van der Waals surface area contributed by atoms with Crippen molar-refractivity contribution in [2.24, 2.45) is 5.92 Å². The molecule has 0 spiro atoms. The highest BCUT2D eigenvalue weighted by atomic mass is 16.2. The van der Waals surface area contributed by atoms with E-state index in [1.165, 1.54) is 6.92 Å². The van der Waals surface area contributed by atoms with E-state index in [-0.39, 0.29) is 36.1 Å². The molecule has 6 nitrogen and oxygen atoms in total. The summed E-state index contributed by atoms with van der Waals surface area (Å²) in [5, 5.41) is 5.55. The number of hydrogen-bond donors (Lipinski definition) is 2. The van der Waals surface area contributed by atoms with Gasteiger partial charge in [0.15, 0.2) is 0 Å². The number of amides is 3. The van der Waals surface area contributed by atoms with Crippen LogP contribution in [0.2, 0.25) is 0 Å². The zero-order chi connectivity index (χ0) is 18.4. The van der Waals surface area contributed by atoms with E-state index in [9.17, 15) is 14.4 Å². The van der Waals surface area contributed by atoms with E-state index in [4.69, 9.17) is 0 Å². The molecule has 1 aliphatic heterocycles. The highest BCUT2D eigenvalue weighted by Gasteiger charge is 2.27. The van der Waals surface area contributed by atoms with E-state index < -0.39 is 0 Å². The minimum atomic E-state index is -0.316. The van der Waals surface area contributed by atoms with Crippen LogP contribution in [0, 0.1) is 5.92 Å². The molecule has 1 aromatic carbocycles. The number of carbonyl (C=O) groups is 3. The van der Waals surface area contributed by atoms with Gasteiger partial charge in [-0.2, -0.15) is 0 Å². The molecule has 0 saturated heterocycles. The number of fused-ring (bicyclic) bond motifs is 1. The lowest BCUT2D eigenvalue weighted by molar-refractivity contribution is -0.130. The highest BCUT2D eigenvalue weighted by molar-refractivity contribution is 5.82. The molecule has 3 amide bonds. The molecule has 1 unspecified atom stereocenters.